The van der Waals surface area contributed by atoms with E-state index in [1.54, 1.807) is 19.1 Å². The molecule has 2 aromatic carbocycles. The Morgan fingerprint density at radius 1 is 0.897 bits per heavy atom. The Hall–Kier alpha value is -3.22. The van der Waals surface area contributed by atoms with Crippen LogP contribution in [-0.2, 0) is 0 Å². The SMILES string of the molecule is COc1cc2c(cc1OC)N(c1ccc(N)cc1)C(=O)N(C1CC(C)(C)CC(C)(C)C1)N=C2C1CCCCC1. The van der Waals surface area contributed by atoms with Crippen LogP contribution in [0, 0.1) is 16.7 Å². The summed E-state index contributed by atoms with van der Waals surface area (Å²) in [6.07, 6.45) is 8.65. The number of amides is 2. The molecule has 2 N–H and O–H groups in total. The highest BCUT2D eigenvalue weighted by atomic mass is 16.5. The first-order chi connectivity index (χ1) is 18.5. The van der Waals surface area contributed by atoms with Crippen LogP contribution in [0.15, 0.2) is 41.5 Å². The van der Waals surface area contributed by atoms with Crippen LogP contribution in [0.3, 0.4) is 0 Å². The molecule has 7 heteroatoms. The number of nitrogens with two attached hydrogens (primary N) is 1. The highest BCUT2D eigenvalue weighted by Gasteiger charge is 2.45. The van der Waals surface area contributed by atoms with E-state index in [2.05, 4.69) is 27.7 Å². The number of methoxy groups -OCH3 is 2. The van der Waals surface area contributed by atoms with E-state index < -0.39 is 0 Å². The van der Waals surface area contributed by atoms with Crippen molar-refractivity contribution >= 4 is 28.8 Å². The molecule has 2 amide bonds. The van der Waals surface area contributed by atoms with Gasteiger partial charge in [0.1, 0.15) is 0 Å². The molecule has 210 valence electrons. The summed E-state index contributed by atoms with van der Waals surface area (Å²) in [7, 11) is 3.28. The van der Waals surface area contributed by atoms with E-state index in [1.165, 1.54) is 19.3 Å². The highest BCUT2D eigenvalue weighted by Crippen LogP contribution is 2.49. The zero-order valence-corrected chi connectivity index (χ0v) is 24.4. The number of rotatable bonds is 5. The first-order valence-corrected chi connectivity index (χ1v) is 14.4. The normalized spacial score (nSPS) is 21.7. The van der Waals surface area contributed by atoms with E-state index in [4.69, 9.17) is 20.3 Å². The number of nitrogens with zero attached hydrogens (tertiary/aromatic N) is 3. The molecule has 1 aliphatic heterocycles. The first kappa shape index (κ1) is 27.4. The molecule has 2 aliphatic carbocycles. The number of carbonyl (C=O) groups excluding carboxylic acids is 1. The molecule has 0 spiro atoms. The number of nitrogen functional groups attached to an aromatic ring is 1. The fourth-order valence-corrected chi connectivity index (χ4v) is 7.43. The van der Waals surface area contributed by atoms with Crippen LogP contribution in [0.2, 0.25) is 0 Å². The second-order valence-electron chi connectivity index (χ2n) is 13.2. The summed E-state index contributed by atoms with van der Waals surface area (Å²) < 4.78 is 11.5. The number of urea groups is 1. The lowest BCUT2D eigenvalue weighted by molar-refractivity contribution is 0.0423. The molecule has 0 saturated heterocycles. The Kier molecular flexibility index (Phi) is 7.29. The molecule has 5 rings (SSSR count). The third kappa shape index (κ3) is 5.45. The Bertz CT molecular complexity index is 1230. The molecule has 0 unspecified atom stereocenters. The van der Waals surface area contributed by atoms with E-state index in [9.17, 15) is 4.79 Å². The van der Waals surface area contributed by atoms with Crippen LogP contribution in [0.1, 0.15) is 84.6 Å². The first-order valence-electron chi connectivity index (χ1n) is 14.4. The van der Waals surface area contributed by atoms with Crippen molar-refractivity contribution in [2.75, 3.05) is 24.9 Å². The lowest BCUT2D eigenvalue weighted by Crippen LogP contribution is -2.49. The maximum absolute atomic E-state index is 14.7. The second kappa shape index (κ2) is 10.4. The number of hydrazone groups is 1. The molecule has 1 heterocycles. The van der Waals surface area contributed by atoms with Crippen molar-refractivity contribution in [1.29, 1.82) is 0 Å². The van der Waals surface area contributed by atoms with E-state index in [-0.39, 0.29) is 28.8 Å². The fraction of sp³-hybridized carbons (Fsp3) is 0.562. The minimum Gasteiger partial charge on any atom is -0.493 e. The third-order valence-electron chi connectivity index (χ3n) is 8.64. The standard InChI is InChI=1S/C32H44N4O3/c1-31(2)18-24(19-32(3,4)20-31)36-30(37)35(23-14-12-22(33)13-15-23)26-17-28(39-6)27(38-5)16-25(26)29(34-36)21-10-8-7-9-11-21/h12-17,21,24H,7-11,18-20,33H2,1-6H3. The van der Waals surface area contributed by atoms with E-state index in [0.717, 1.165) is 54.8 Å². The monoisotopic (exact) mass is 532 g/mol. The van der Waals surface area contributed by atoms with Gasteiger partial charge in [-0.1, -0.05) is 47.0 Å². The van der Waals surface area contributed by atoms with Crippen LogP contribution in [-0.4, -0.2) is 37.0 Å². The van der Waals surface area contributed by atoms with Crippen LogP contribution in [0.25, 0.3) is 0 Å². The van der Waals surface area contributed by atoms with Crippen molar-refractivity contribution < 1.29 is 14.3 Å². The van der Waals surface area contributed by atoms with Gasteiger partial charge in [0, 0.05) is 23.2 Å². The number of hydrogen-bond acceptors (Lipinski definition) is 5. The molecule has 0 bridgehead atoms. The molecule has 7 nitrogen and oxygen atoms in total. The summed E-state index contributed by atoms with van der Waals surface area (Å²) in [6.45, 7) is 9.27. The average Bonchev–Trinajstić information content (AvgIpc) is 3.01. The Morgan fingerprint density at radius 3 is 2.08 bits per heavy atom. The van der Waals surface area contributed by atoms with Crippen molar-refractivity contribution in [2.24, 2.45) is 21.8 Å². The maximum Gasteiger partial charge on any atom is 0.349 e. The topological polar surface area (TPSA) is 80.4 Å². The molecule has 2 saturated carbocycles. The second-order valence-corrected chi connectivity index (χ2v) is 13.2. The number of benzene rings is 2. The van der Waals surface area contributed by atoms with Crippen molar-refractivity contribution in [3.8, 4) is 11.5 Å². The lowest BCUT2D eigenvalue weighted by Gasteiger charge is -2.47. The van der Waals surface area contributed by atoms with Gasteiger partial charge in [0.15, 0.2) is 11.5 Å². The molecule has 0 atom stereocenters. The van der Waals surface area contributed by atoms with Gasteiger partial charge >= 0.3 is 6.03 Å². The van der Waals surface area contributed by atoms with Crippen molar-refractivity contribution in [3.63, 3.8) is 0 Å². The molecule has 0 radical (unpaired) electrons. The van der Waals surface area contributed by atoms with Gasteiger partial charge in [0.2, 0.25) is 0 Å². The van der Waals surface area contributed by atoms with Gasteiger partial charge in [-0.3, -0.25) is 4.90 Å². The zero-order valence-electron chi connectivity index (χ0n) is 24.4. The number of anilines is 3. The minimum atomic E-state index is -0.141. The Balaban J connectivity index is 1.74. The predicted molar refractivity (Wildman–Crippen MR) is 158 cm³/mol. The van der Waals surface area contributed by atoms with E-state index >= 15 is 0 Å². The zero-order chi connectivity index (χ0) is 27.9. The largest absolute Gasteiger partial charge is 0.493 e. The summed E-state index contributed by atoms with van der Waals surface area (Å²) in [6, 6.07) is 11.3. The van der Waals surface area contributed by atoms with Gasteiger partial charge in [0.05, 0.1) is 37.3 Å². The molecule has 0 aromatic heterocycles. The van der Waals surface area contributed by atoms with E-state index in [1.807, 2.05) is 41.4 Å². The minimum absolute atomic E-state index is 0.00998. The van der Waals surface area contributed by atoms with Crippen molar-refractivity contribution in [3.05, 3.63) is 42.0 Å². The molecular formula is C32H44N4O3. The third-order valence-corrected chi connectivity index (χ3v) is 8.64. The number of carbonyl (C=O) groups is 1. The molecule has 3 aliphatic rings. The van der Waals surface area contributed by atoms with Gasteiger partial charge in [-0.05, 0) is 73.3 Å². The fourth-order valence-electron chi connectivity index (χ4n) is 7.43. The number of fused-ring (bicyclic) bond motifs is 1. The van der Waals surface area contributed by atoms with Gasteiger partial charge in [-0.25, -0.2) is 9.80 Å². The van der Waals surface area contributed by atoms with Crippen molar-refractivity contribution in [1.82, 2.24) is 5.01 Å². The van der Waals surface area contributed by atoms with Crippen LogP contribution >= 0.6 is 0 Å². The summed E-state index contributed by atoms with van der Waals surface area (Å²) in [4.78, 5) is 16.5. The van der Waals surface area contributed by atoms with Gasteiger partial charge in [-0.15, -0.1) is 0 Å². The number of ether oxygens (including phenoxy) is 2. The Morgan fingerprint density at radius 2 is 1.49 bits per heavy atom. The van der Waals surface area contributed by atoms with Crippen LogP contribution in [0.5, 0.6) is 11.5 Å². The summed E-state index contributed by atoms with van der Waals surface area (Å²) in [5.41, 5.74) is 10.3. The smallest absolute Gasteiger partial charge is 0.349 e. The van der Waals surface area contributed by atoms with Crippen LogP contribution < -0.4 is 20.1 Å². The maximum atomic E-state index is 14.7. The van der Waals surface area contributed by atoms with Gasteiger partial charge in [-0.2, -0.15) is 5.10 Å². The van der Waals surface area contributed by atoms with Gasteiger partial charge in [0.25, 0.3) is 0 Å². The molecular weight excluding hydrogens is 488 g/mol. The highest BCUT2D eigenvalue weighted by molar-refractivity contribution is 6.14. The average molecular weight is 533 g/mol. The molecule has 2 aromatic rings. The van der Waals surface area contributed by atoms with Gasteiger partial charge < -0.3 is 15.2 Å². The summed E-state index contributed by atoms with van der Waals surface area (Å²) >= 11 is 0. The molecule has 39 heavy (non-hydrogen) atoms. The molecule has 2 fully saturated rings. The quantitative estimate of drug-likeness (QED) is 0.399. The number of hydrogen-bond donors (Lipinski definition) is 1. The van der Waals surface area contributed by atoms with Crippen LogP contribution in [0.4, 0.5) is 21.9 Å². The summed E-state index contributed by atoms with van der Waals surface area (Å²) in [5.74, 6) is 1.50. The summed E-state index contributed by atoms with van der Waals surface area (Å²) in [5, 5.41) is 7.16. The lowest BCUT2D eigenvalue weighted by atomic mass is 9.63. The van der Waals surface area contributed by atoms with E-state index in [0.29, 0.717) is 17.2 Å². The van der Waals surface area contributed by atoms with Crippen molar-refractivity contribution in [2.45, 2.75) is 85.1 Å². The predicted octanol–water partition coefficient (Wildman–Crippen LogP) is 7.75. The Labute approximate surface area is 233 Å².